The summed E-state index contributed by atoms with van der Waals surface area (Å²) in [5, 5.41) is 4.30. The van der Waals surface area contributed by atoms with Crippen LogP contribution in [0.25, 0.3) is 5.52 Å². The molecular weight excluding hydrogens is 246 g/mol. The van der Waals surface area contributed by atoms with Gasteiger partial charge in [-0.05, 0) is 29.8 Å². The molecule has 0 spiro atoms. The number of rotatable bonds is 1. The summed E-state index contributed by atoms with van der Waals surface area (Å²) in [7, 11) is 1.61. The van der Waals surface area contributed by atoms with Gasteiger partial charge in [0.1, 0.15) is 10.1 Å². The Morgan fingerprint density at radius 3 is 2.79 bits per heavy atom. The van der Waals surface area contributed by atoms with Crippen LogP contribution < -0.4 is 4.74 Å². The Bertz CT molecular complexity index is 492. The monoisotopic (exact) mass is 255 g/mol. The van der Waals surface area contributed by atoms with E-state index in [0.29, 0.717) is 5.88 Å². The fourth-order valence-corrected chi connectivity index (χ4v) is 1.76. The lowest BCUT2D eigenvalue weighted by Gasteiger charge is -2.03. The van der Waals surface area contributed by atoms with Gasteiger partial charge in [-0.1, -0.05) is 0 Å². The second-order valence-corrected chi connectivity index (χ2v) is 3.85. The van der Waals surface area contributed by atoms with Crippen molar-refractivity contribution in [3.05, 3.63) is 22.1 Å². The molecular formula is C9H10BrN3O. The van der Waals surface area contributed by atoms with Gasteiger partial charge in [-0.25, -0.2) is 9.50 Å². The van der Waals surface area contributed by atoms with Crippen LogP contribution in [0.5, 0.6) is 5.88 Å². The van der Waals surface area contributed by atoms with Crippen LogP contribution in [0.1, 0.15) is 11.3 Å². The summed E-state index contributed by atoms with van der Waals surface area (Å²) in [5.74, 6) is 0.612. The van der Waals surface area contributed by atoms with Crippen LogP contribution >= 0.6 is 15.9 Å². The minimum Gasteiger partial charge on any atom is -0.479 e. The number of methoxy groups -OCH3 is 1. The number of halogens is 1. The minimum absolute atomic E-state index is 0.612. The largest absolute Gasteiger partial charge is 0.479 e. The highest BCUT2D eigenvalue weighted by Gasteiger charge is 2.12. The molecule has 2 rings (SSSR count). The van der Waals surface area contributed by atoms with Gasteiger partial charge < -0.3 is 4.74 Å². The normalized spacial score (nSPS) is 10.9. The lowest BCUT2D eigenvalue weighted by Crippen LogP contribution is -1.97. The van der Waals surface area contributed by atoms with Gasteiger partial charge in [0.25, 0.3) is 0 Å². The van der Waals surface area contributed by atoms with E-state index in [1.807, 2.05) is 20.0 Å². The summed E-state index contributed by atoms with van der Waals surface area (Å²) >= 11 is 3.38. The van der Waals surface area contributed by atoms with E-state index in [1.165, 1.54) is 0 Å². The Kier molecular flexibility index (Phi) is 2.19. The van der Waals surface area contributed by atoms with E-state index in [4.69, 9.17) is 4.74 Å². The second kappa shape index (κ2) is 3.24. The zero-order valence-electron chi connectivity index (χ0n) is 8.21. The fraction of sp³-hybridized carbons (Fsp3) is 0.333. The summed E-state index contributed by atoms with van der Waals surface area (Å²) < 4.78 is 7.81. The molecule has 0 fully saturated rings. The SMILES string of the molecule is COc1nc(C)cn2nc(Br)c(C)c12. The van der Waals surface area contributed by atoms with Crippen molar-refractivity contribution in [3.8, 4) is 5.88 Å². The van der Waals surface area contributed by atoms with Gasteiger partial charge in [-0.15, -0.1) is 0 Å². The average molecular weight is 256 g/mol. The third-order valence-electron chi connectivity index (χ3n) is 2.07. The molecule has 74 valence electrons. The van der Waals surface area contributed by atoms with Gasteiger partial charge in [0.2, 0.25) is 5.88 Å². The minimum atomic E-state index is 0.612. The molecule has 0 aliphatic heterocycles. The molecule has 14 heavy (non-hydrogen) atoms. The molecule has 2 heterocycles. The van der Waals surface area contributed by atoms with E-state index in [0.717, 1.165) is 21.4 Å². The predicted octanol–water partition coefficient (Wildman–Crippen LogP) is 2.12. The molecule has 0 atom stereocenters. The number of ether oxygens (including phenoxy) is 1. The van der Waals surface area contributed by atoms with Gasteiger partial charge in [-0.2, -0.15) is 5.10 Å². The highest BCUT2D eigenvalue weighted by atomic mass is 79.9. The topological polar surface area (TPSA) is 39.4 Å². The number of fused-ring (bicyclic) bond motifs is 1. The first-order valence-corrected chi connectivity index (χ1v) is 4.99. The molecule has 0 bridgehead atoms. The Labute approximate surface area is 90.0 Å². The van der Waals surface area contributed by atoms with E-state index in [1.54, 1.807) is 11.6 Å². The van der Waals surface area contributed by atoms with Crippen molar-refractivity contribution in [2.75, 3.05) is 7.11 Å². The quantitative estimate of drug-likeness (QED) is 0.784. The number of hydrogen-bond donors (Lipinski definition) is 0. The Morgan fingerprint density at radius 2 is 2.14 bits per heavy atom. The molecule has 0 radical (unpaired) electrons. The number of hydrogen-bond acceptors (Lipinski definition) is 3. The number of aryl methyl sites for hydroxylation is 2. The van der Waals surface area contributed by atoms with Crippen molar-refractivity contribution in [3.63, 3.8) is 0 Å². The van der Waals surface area contributed by atoms with Crippen molar-refractivity contribution in [2.45, 2.75) is 13.8 Å². The first-order valence-electron chi connectivity index (χ1n) is 4.19. The zero-order chi connectivity index (χ0) is 10.3. The maximum Gasteiger partial charge on any atom is 0.240 e. The first kappa shape index (κ1) is 9.45. The van der Waals surface area contributed by atoms with Crippen LogP contribution in [0.3, 0.4) is 0 Å². The molecule has 0 aliphatic rings. The number of nitrogens with zero attached hydrogens (tertiary/aromatic N) is 3. The molecule has 2 aromatic heterocycles. The van der Waals surface area contributed by atoms with Crippen LogP contribution in [-0.4, -0.2) is 21.7 Å². The second-order valence-electron chi connectivity index (χ2n) is 3.10. The zero-order valence-corrected chi connectivity index (χ0v) is 9.79. The molecule has 4 nitrogen and oxygen atoms in total. The van der Waals surface area contributed by atoms with Crippen molar-refractivity contribution < 1.29 is 4.74 Å². The highest BCUT2D eigenvalue weighted by molar-refractivity contribution is 9.10. The lowest BCUT2D eigenvalue weighted by atomic mass is 10.3. The predicted molar refractivity (Wildman–Crippen MR) is 56.7 cm³/mol. The van der Waals surface area contributed by atoms with Crippen LogP contribution in [0.15, 0.2) is 10.8 Å². The number of aromatic nitrogens is 3. The first-order chi connectivity index (χ1) is 6.63. The summed E-state index contributed by atoms with van der Waals surface area (Å²) in [6.07, 6.45) is 1.87. The van der Waals surface area contributed by atoms with E-state index in [2.05, 4.69) is 26.0 Å². The Hall–Kier alpha value is -1.10. The van der Waals surface area contributed by atoms with E-state index < -0.39 is 0 Å². The van der Waals surface area contributed by atoms with E-state index >= 15 is 0 Å². The van der Waals surface area contributed by atoms with Gasteiger partial charge in [-0.3, -0.25) is 0 Å². The highest BCUT2D eigenvalue weighted by Crippen LogP contribution is 2.26. The lowest BCUT2D eigenvalue weighted by molar-refractivity contribution is 0.399. The van der Waals surface area contributed by atoms with Gasteiger partial charge in [0.05, 0.1) is 19.0 Å². The van der Waals surface area contributed by atoms with Crippen molar-refractivity contribution in [1.29, 1.82) is 0 Å². The molecule has 0 saturated carbocycles. The molecule has 0 N–H and O–H groups in total. The summed E-state index contributed by atoms with van der Waals surface area (Å²) in [4.78, 5) is 4.29. The summed E-state index contributed by atoms with van der Waals surface area (Å²) in [6.45, 7) is 3.89. The molecule has 0 unspecified atom stereocenters. The van der Waals surface area contributed by atoms with E-state index in [9.17, 15) is 0 Å². The van der Waals surface area contributed by atoms with E-state index in [-0.39, 0.29) is 0 Å². The third-order valence-corrected chi connectivity index (χ3v) is 2.83. The Morgan fingerprint density at radius 1 is 1.43 bits per heavy atom. The van der Waals surface area contributed by atoms with Gasteiger partial charge >= 0.3 is 0 Å². The van der Waals surface area contributed by atoms with Crippen LogP contribution in [0.2, 0.25) is 0 Å². The molecule has 0 aliphatic carbocycles. The summed E-state index contributed by atoms with van der Waals surface area (Å²) in [6, 6.07) is 0. The third kappa shape index (κ3) is 1.28. The Balaban J connectivity index is 2.88. The standard InChI is InChI=1S/C9H10BrN3O/c1-5-4-13-7(9(11-5)14-3)6(2)8(10)12-13/h4H,1-3H3. The maximum atomic E-state index is 5.21. The molecule has 0 saturated heterocycles. The van der Waals surface area contributed by atoms with Crippen LogP contribution in [0.4, 0.5) is 0 Å². The van der Waals surface area contributed by atoms with Crippen molar-refractivity contribution >= 4 is 21.4 Å². The molecule has 2 aromatic rings. The van der Waals surface area contributed by atoms with Crippen molar-refractivity contribution in [1.82, 2.24) is 14.6 Å². The average Bonchev–Trinajstić information content (AvgIpc) is 2.41. The van der Waals surface area contributed by atoms with Gasteiger partial charge in [0.15, 0.2) is 0 Å². The molecule has 0 aromatic carbocycles. The van der Waals surface area contributed by atoms with Crippen molar-refractivity contribution in [2.24, 2.45) is 0 Å². The molecule has 5 heteroatoms. The van der Waals surface area contributed by atoms with Crippen LogP contribution in [0, 0.1) is 13.8 Å². The van der Waals surface area contributed by atoms with Gasteiger partial charge in [0, 0.05) is 5.56 Å². The molecule has 0 amide bonds. The maximum absolute atomic E-state index is 5.21. The summed E-state index contributed by atoms with van der Waals surface area (Å²) in [5.41, 5.74) is 2.82. The van der Waals surface area contributed by atoms with Crippen LogP contribution in [-0.2, 0) is 0 Å². The smallest absolute Gasteiger partial charge is 0.240 e. The fourth-order valence-electron chi connectivity index (χ4n) is 1.40.